The van der Waals surface area contributed by atoms with E-state index in [4.69, 9.17) is 5.11 Å². The zero-order chi connectivity index (χ0) is 14.4. The smallest absolute Gasteiger partial charge is 0.303 e. The van der Waals surface area contributed by atoms with E-state index >= 15 is 0 Å². The summed E-state index contributed by atoms with van der Waals surface area (Å²) in [6.45, 7) is 0. The Bertz CT molecular complexity index is 518. The third kappa shape index (κ3) is 5.04. The van der Waals surface area contributed by atoms with Gasteiger partial charge in [0, 0.05) is 29.4 Å². The molecule has 1 amide bonds. The lowest BCUT2D eigenvalue weighted by Gasteiger charge is -2.06. The number of carboxylic acid groups (broad SMARTS) is 1. The van der Waals surface area contributed by atoms with Gasteiger partial charge in [0.2, 0.25) is 5.91 Å². The van der Waals surface area contributed by atoms with Crippen LogP contribution in [0.2, 0.25) is 0 Å². The molecule has 2 N–H and O–H groups in total. The molecule has 0 atom stereocenters. The van der Waals surface area contributed by atoms with Crippen molar-refractivity contribution in [2.24, 2.45) is 0 Å². The number of hydrogen-bond acceptors (Lipinski definition) is 4. The first kappa shape index (κ1) is 15.1. The highest BCUT2D eigenvalue weighted by atomic mass is 79.9. The van der Waals surface area contributed by atoms with Crippen molar-refractivity contribution in [3.05, 3.63) is 32.8 Å². The van der Waals surface area contributed by atoms with Crippen molar-refractivity contribution in [3.8, 4) is 0 Å². The SMILES string of the molecule is O=C(O)CCCC(=O)Nc1ccc([N+](=O)[O-])cc1Br. The Morgan fingerprint density at radius 1 is 1.37 bits per heavy atom. The van der Waals surface area contributed by atoms with Gasteiger partial charge in [-0.15, -0.1) is 0 Å². The summed E-state index contributed by atoms with van der Waals surface area (Å²) >= 11 is 3.12. The lowest BCUT2D eigenvalue weighted by atomic mass is 10.2. The Kier molecular flexibility index (Phi) is 5.43. The minimum Gasteiger partial charge on any atom is -0.481 e. The van der Waals surface area contributed by atoms with Gasteiger partial charge in [-0.25, -0.2) is 0 Å². The number of amides is 1. The lowest BCUT2D eigenvalue weighted by Crippen LogP contribution is -2.12. The first-order valence-corrected chi connectivity index (χ1v) is 6.15. The Balaban J connectivity index is 2.59. The molecule has 0 saturated carbocycles. The average Bonchev–Trinajstić information content (AvgIpc) is 2.31. The molecule has 0 aliphatic rings. The summed E-state index contributed by atoms with van der Waals surface area (Å²) in [6.07, 6.45) is 0.246. The summed E-state index contributed by atoms with van der Waals surface area (Å²) in [5.41, 5.74) is 0.321. The maximum atomic E-state index is 11.5. The van der Waals surface area contributed by atoms with Gasteiger partial charge < -0.3 is 10.4 Å². The number of nitrogens with one attached hydrogen (secondary N) is 1. The topological polar surface area (TPSA) is 110 Å². The number of rotatable bonds is 6. The lowest BCUT2D eigenvalue weighted by molar-refractivity contribution is -0.384. The van der Waals surface area contributed by atoms with Crippen molar-refractivity contribution in [2.45, 2.75) is 19.3 Å². The second kappa shape index (κ2) is 6.83. The second-order valence-corrected chi connectivity index (χ2v) is 4.57. The molecule has 0 radical (unpaired) electrons. The summed E-state index contributed by atoms with van der Waals surface area (Å²) in [6, 6.07) is 3.97. The van der Waals surface area contributed by atoms with E-state index in [2.05, 4.69) is 21.2 Å². The molecule has 0 bridgehead atoms. The van der Waals surface area contributed by atoms with Gasteiger partial charge in [-0.2, -0.15) is 0 Å². The van der Waals surface area contributed by atoms with Crippen molar-refractivity contribution in [1.29, 1.82) is 0 Å². The number of anilines is 1. The highest BCUT2D eigenvalue weighted by Crippen LogP contribution is 2.27. The molecule has 0 unspecified atom stereocenters. The van der Waals surface area contributed by atoms with Crippen LogP contribution in [-0.4, -0.2) is 21.9 Å². The largest absolute Gasteiger partial charge is 0.481 e. The van der Waals surface area contributed by atoms with Crippen LogP contribution in [0.15, 0.2) is 22.7 Å². The molecular formula is C11H11BrN2O5. The van der Waals surface area contributed by atoms with Gasteiger partial charge in [0.15, 0.2) is 0 Å². The van der Waals surface area contributed by atoms with Crippen LogP contribution in [0.1, 0.15) is 19.3 Å². The van der Waals surface area contributed by atoms with Crippen LogP contribution < -0.4 is 5.32 Å². The van der Waals surface area contributed by atoms with Crippen LogP contribution in [-0.2, 0) is 9.59 Å². The molecule has 0 spiro atoms. The van der Waals surface area contributed by atoms with Gasteiger partial charge in [0.1, 0.15) is 0 Å². The summed E-state index contributed by atoms with van der Waals surface area (Å²) in [4.78, 5) is 31.8. The van der Waals surface area contributed by atoms with Crippen LogP contribution in [0.5, 0.6) is 0 Å². The third-order valence-electron chi connectivity index (χ3n) is 2.23. The number of carbonyl (C=O) groups excluding carboxylic acids is 1. The van der Waals surface area contributed by atoms with E-state index in [1.807, 2.05) is 0 Å². The van der Waals surface area contributed by atoms with E-state index in [0.717, 1.165) is 0 Å². The minimum atomic E-state index is -0.954. The maximum Gasteiger partial charge on any atom is 0.303 e. The van der Waals surface area contributed by atoms with Crippen molar-refractivity contribution in [1.82, 2.24) is 0 Å². The number of hydrogen-bond donors (Lipinski definition) is 2. The molecule has 1 aromatic rings. The Morgan fingerprint density at radius 2 is 2.05 bits per heavy atom. The molecule has 102 valence electrons. The summed E-state index contributed by atoms with van der Waals surface area (Å²) in [5, 5.41) is 21.5. The van der Waals surface area contributed by atoms with E-state index < -0.39 is 10.9 Å². The van der Waals surface area contributed by atoms with Gasteiger partial charge in [0.05, 0.1) is 10.6 Å². The Labute approximate surface area is 116 Å². The highest BCUT2D eigenvalue weighted by Gasteiger charge is 2.11. The van der Waals surface area contributed by atoms with E-state index in [-0.39, 0.29) is 30.9 Å². The van der Waals surface area contributed by atoms with Gasteiger partial charge in [-0.05, 0) is 28.4 Å². The number of halogens is 1. The molecule has 0 saturated heterocycles. The molecule has 19 heavy (non-hydrogen) atoms. The zero-order valence-corrected chi connectivity index (χ0v) is 11.3. The molecule has 1 rings (SSSR count). The molecule has 0 heterocycles. The Hall–Kier alpha value is -1.96. The minimum absolute atomic E-state index is 0.0746. The Morgan fingerprint density at radius 3 is 2.58 bits per heavy atom. The maximum absolute atomic E-state index is 11.5. The molecule has 1 aromatic carbocycles. The predicted molar refractivity (Wildman–Crippen MR) is 70.9 cm³/mol. The number of benzene rings is 1. The van der Waals surface area contributed by atoms with Gasteiger partial charge >= 0.3 is 5.97 Å². The van der Waals surface area contributed by atoms with Crippen LogP contribution in [0.3, 0.4) is 0 Å². The number of aliphatic carboxylic acids is 1. The van der Waals surface area contributed by atoms with Gasteiger partial charge in [-0.3, -0.25) is 19.7 Å². The number of non-ortho nitro benzene ring substituents is 1. The molecule has 0 aliphatic heterocycles. The monoisotopic (exact) mass is 330 g/mol. The van der Waals surface area contributed by atoms with Crippen LogP contribution >= 0.6 is 15.9 Å². The fourth-order valence-electron chi connectivity index (χ4n) is 1.33. The predicted octanol–water partition coefficient (Wildman–Crippen LogP) is 2.55. The standard InChI is InChI=1S/C11H11BrN2O5/c12-8-6-7(14(18)19)4-5-9(8)13-10(15)2-1-3-11(16)17/h4-6H,1-3H2,(H,13,15)(H,16,17). The molecule has 0 aliphatic carbocycles. The van der Waals surface area contributed by atoms with Crippen LogP contribution in [0, 0.1) is 10.1 Å². The number of nitro benzene ring substituents is 1. The normalized spacial score (nSPS) is 9.95. The van der Waals surface area contributed by atoms with E-state index in [1.165, 1.54) is 18.2 Å². The molecule has 8 heteroatoms. The summed E-state index contributed by atoms with van der Waals surface area (Å²) < 4.78 is 0.397. The molecule has 7 nitrogen and oxygen atoms in total. The average molecular weight is 331 g/mol. The second-order valence-electron chi connectivity index (χ2n) is 3.72. The third-order valence-corrected chi connectivity index (χ3v) is 2.89. The fourth-order valence-corrected chi connectivity index (χ4v) is 1.80. The molecule has 0 aromatic heterocycles. The van der Waals surface area contributed by atoms with Crippen molar-refractivity contribution >= 4 is 39.2 Å². The molecule has 0 fully saturated rings. The van der Waals surface area contributed by atoms with Crippen LogP contribution in [0.4, 0.5) is 11.4 Å². The van der Waals surface area contributed by atoms with Crippen molar-refractivity contribution in [3.63, 3.8) is 0 Å². The number of nitrogens with zero attached hydrogens (tertiary/aromatic N) is 1. The quantitative estimate of drug-likeness (QED) is 0.615. The van der Waals surface area contributed by atoms with Crippen molar-refractivity contribution < 1.29 is 19.6 Å². The van der Waals surface area contributed by atoms with Crippen molar-refractivity contribution in [2.75, 3.05) is 5.32 Å². The zero-order valence-electron chi connectivity index (χ0n) is 9.76. The van der Waals surface area contributed by atoms with Crippen LogP contribution in [0.25, 0.3) is 0 Å². The van der Waals surface area contributed by atoms with E-state index in [9.17, 15) is 19.7 Å². The fraction of sp³-hybridized carbons (Fsp3) is 0.273. The van der Waals surface area contributed by atoms with E-state index in [0.29, 0.717) is 10.2 Å². The van der Waals surface area contributed by atoms with E-state index in [1.54, 1.807) is 0 Å². The first-order valence-electron chi connectivity index (χ1n) is 5.35. The number of nitro groups is 1. The summed E-state index contributed by atoms with van der Waals surface area (Å²) in [7, 11) is 0. The number of carboxylic acids is 1. The molecular weight excluding hydrogens is 320 g/mol. The summed E-state index contributed by atoms with van der Waals surface area (Å²) in [5.74, 6) is -1.29. The first-order chi connectivity index (χ1) is 8.90. The number of carbonyl (C=O) groups is 2. The highest BCUT2D eigenvalue weighted by molar-refractivity contribution is 9.10. The van der Waals surface area contributed by atoms with Gasteiger partial charge in [0.25, 0.3) is 5.69 Å². The van der Waals surface area contributed by atoms with Gasteiger partial charge in [-0.1, -0.05) is 0 Å².